The van der Waals surface area contributed by atoms with Crippen molar-refractivity contribution in [1.82, 2.24) is 18.7 Å². The number of sulfonamides is 1. The van der Waals surface area contributed by atoms with Gasteiger partial charge in [0.15, 0.2) is 0 Å². The van der Waals surface area contributed by atoms with Gasteiger partial charge in [-0.3, -0.25) is 9.36 Å². The van der Waals surface area contributed by atoms with Crippen molar-refractivity contribution in [3.05, 3.63) is 45.6 Å². The largest absolute Gasteiger partial charge is 0.346 e. The molecule has 1 unspecified atom stereocenters. The zero-order valence-electron chi connectivity index (χ0n) is 17.2. The molecule has 9 nitrogen and oxygen atoms in total. The predicted octanol–water partition coefficient (Wildman–Crippen LogP) is 0.976. The number of rotatable bonds is 5. The molecule has 0 spiro atoms. The number of carbonyl (C=O) groups excluding carboxylic acids is 1. The summed E-state index contributed by atoms with van der Waals surface area (Å²) in [6, 6.07) is 5.64. The van der Waals surface area contributed by atoms with E-state index >= 15 is 0 Å². The molecule has 2 aromatic rings. The average Bonchev–Trinajstić information content (AvgIpc) is 2.93. The number of anilines is 1. The second kappa shape index (κ2) is 8.11. The maximum Gasteiger partial charge on any atom is 0.346 e. The number of aryl methyl sites for hydroxylation is 1. The summed E-state index contributed by atoms with van der Waals surface area (Å²) in [6.07, 6.45) is 2.63. The third-order valence-corrected chi connectivity index (χ3v) is 6.73. The van der Waals surface area contributed by atoms with Crippen LogP contribution in [0.5, 0.6) is 0 Å². The lowest BCUT2D eigenvalue weighted by atomic mass is 9.99. The highest BCUT2D eigenvalue weighted by Gasteiger charge is 2.30. The molecule has 1 aromatic carbocycles. The van der Waals surface area contributed by atoms with Gasteiger partial charge in [0.05, 0.1) is 6.26 Å². The van der Waals surface area contributed by atoms with Crippen molar-refractivity contribution < 1.29 is 13.2 Å². The summed E-state index contributed by atoms with van der Waals surface area (Å²) < 4.78 is 27.7. The van der Waals surface area contributed by atoms with Crippen LogP contribution in [0.1, 0.15) is 35.7 Å². The van der Waals surface area contributed by atoms with Gasteiger partial charge in [0, 0.05) is 31.7 Å². The number of amides is 1. The van der Waals surface area contributed by atoms with E-state index in [0.29, 0.717) is 24.5 Å². The van der Waals surface area contributed by atoms with Crippen molar-refractivity contribution in [1.29, 1.82) is 0 Å². The van der Waals surface area contributed by atoms with Gasteiger partial charge in [-0.05, 0) is 43.9 Å². The van der Waals surface area contributed by atoms with Gasteiger partial charge in [-0.15, -0.1) is 0 Å². The second-order valence-corrected chi connectivity index (χ2v) is 9.60. The van der Waals surface area contributed by atoms with Crippen LogP contribution < -0.4 is 11.0 Å². The molecule has 29 heavy (non-hydrogen) atoms. The molecular weight excluding hydrogens is 394 g/mol. The fourth-order valence-electron chi connectivity index (χ4n) is 3.63. The summed E-state index contributed by atoms with van der Waals surface area (Å²) in [5, 5.41) is 7.18. The van der Waals surface area contributed by atoms with Crippen molar-refractivity contribution in [2.75, 3.05) is 24.7 Å². The molecular formula is C19H27N5O4S. The Bertz CT molecular complexity index is 1090. The number of aromatic nitrogens is 3. The average molecular weight is 422 g/mol. The topological polar surface area (TPSA) is 106 Å². The summed E-state index contributed by atoms with van der Waals surface area (Å²) in [4.78, 5) is 25.0. The van der Waals surface area contributed by atoms with Gasteiger partial charge < -0.3 is 5.32 Å². The number of benzene rings is 1. The van der Waals surface area contributed by atoms with E-state index in [2.05, 4.69) is 10.4 Å². The summed E-state index contributed by atoms with van der Waals surface area (Å²) in [5.74, 6) is -0.0192. The summed E-state index contributed by atoms with van der Waals surface area (Å²) in [5.41, 5.74) is 2.34. The van der Waals surface area contributed by atoms with Crippen molar-refractivity contribution in [2.45, 2.75) is 39.2 Å². The molecule has 1 aliphatic rings. The van der Waals surface area contributed by atoms with Crippen LogP contribution in [0, 0.1) is 13.8 Å². The van der Waals surface area contributed by atoms with Crippen LogP contribution in [0.15, 0.2) is 23.0 Å². The highest BCUT2D eigenvalue weighted by molar-refractivity contribution is 7.88. The minimum absolute atomic E-state index is 0.181. The van der Waals surface area contributed by atoms with Crippen molar-refractivity contribution >= 4 is 21.6 Å². The normalized spacial score (nSPS) is 18.0. The highest BCUT2D eigenvalue weighted by Crippen LogP contribution is 2.26. The number of piperidine rings is 1. The molecule has 1 aromatic heterocycles. The minimum atomic E-state index is -3.30. The van der Waals surface area contributed by atoms with Gasteiger partial charge >= 0.3 is 5.69 Å². The summed E-state index contributed by atoms with van der Waals surface area (Å²) >= 11 is 0. The van der Waals surface area contributed by atoms with E-state index in [1.54, 1.807) is 7.05 Å². The SMILES string of the molecule is Cc1cccc(NC(=O)Cn2nc(C3CCCN(S(C)(=O)=O)C3)n(C)c2=O)c1C. The number of carbonyl (C=O) groups is 1. The van der Waals surface area contributed by atoms with Gasteiger partial charge in [0.25, 0.3) is 0 Å². The molecule has 2 heterocycles. The highest BCUT2D eigenvalue weighted by atomic mass is 32.2. The Morgan fingerprint density at radius 3 is 2.72 bits per heavy atom. The van der Waals surface area contributed by atoms with E-state index in [4.69, 9.17) is 0 Å². The monoisotopic (exact) mass is 421 g/mol. The van der Waals surface area contributed by atoms with Crippen LogP contribution in [-0.2, 0) is 28.4 Å². The smallest absolute Gasteiger partial charge is 0.324 e. The molecule has 0 bridgehead atoms. The molecule has 1 amide bonds. The van der Waals surface area contributed by atoms with Crippen LogP contribution in [-0.4, -0.2) is 52.3 Å². The standard InChI is InChI=1S/C19H27N5O4S/c1-13-7-5-9-16(14(13)2)20-17(25)12-24-19(26)22(3)18(21-24)15-8-6-10-23(11-15)29(4,27)28/h5,7,9,15H,6,8,10-12H2,1-4H3,(H,20,25). The molecule has 1 N–H and O–H groups in total. The molecule has 1 atom stereocenters. The molecule has 158 valence electrons. The lowest BCUT2D eigenvalue weighted by molar-refractivity contribution is -0.117. The Balaban J connectivity index is 1.77. The summed E-state index contributed by atoms with van der Waals surface area (Å²) in [7, 11) is -1.70. The zero-order valence-corrected chi connectivity index (χ0v) is 18.0. The Hall–Kier alpha value is -2.46. The van der Waals surface area contributed by atoms with Crippen LogP contribution in [0.4, 0.5) is 5.69 Å². The molecule has 0 radical (unpaired) electrons. The van der Waals surface area contributed by atoms with Gasteiger partial charge in [-0.25, -0.2) is 22.2 Å². The Labute approximate surface area is 170 Å². The van der Waals surface area contributed by atoms with Gasteiger partial charge in [-0.1, -0.05) is 12.1 Å². The third kappa shape index (κ3) is 4.59. The van der Waals surface area contributed by atoms with Crippen molar-refractivity contribution in [2.24, 2.45) is 7.05 Å². The predicted molar refractivity (Wildman–Crippen MR) is 110 cm³/mol. The van der Waals surface area contributed by atoms with Crippen molar-refractivity contribution in [3.8, 4) is 0 Å². The molecule has 0 saturated carbocycles. The van der Waals surface area contributed by atoms with E-state index < -0.39 is 15.7 Å². The minimum Gasteiger partial charge on any atom is -0.324 e. The molecule has 10 heteroatoms. The molecule has 1 aliphatic heterocycles. The second-order valence-electron chi connectivity index (χ2n) is 7.61. The van der Waals surface area contributed by atoms with Crippen molar-refractivity contribution in [3.63, 3.8) is 0 Å². The van der Waals surface area contributed by atoms with Crippen LogP contribution in [0.3, 0.4) is 0 Å². The lowest BCUT2D eigenvalue weighted by Gasteiger charge is -2.30. The maximum absolute atomic E-state index is 12.6. The van der Waals surface area contributed by atoms with E-state index in [-0.39, 0.29) is 24.9 Å². The Morgan fingerprint density at radius 2 is 2.03 bits per heavy atom. The van der Waals surface area contributed by atoms with Crippen LogP contribution in [0.2, 0.25) is 0 Å². The van der Waals surface area contributed by atoms with Gasteiger partial charge in [0.1, 0.15) is 12.4 Å². The molecule has 3 rings (SSSR count). The first-order valence-electron chi connectivity index (χ1n) is 9.53. The molecule has 1 fully saturated rings. The van der Waals surface area contributed by atoms with E-state index in [1.165, 1.54) is 15.1 Å². The fraction of sp³-hybridized carbons (Fsp3) is 0.526. The van der Waals surface area contributed by atoms with E-state index in [1.807, 2.05) is 32.0 Å². The first-order chi connectivity index (χ1) is 13.6. The first kappa shape index (κ1) is 21.3. The number of nitrogens with one attached hydrogen (secondary N) is 1. The summed E-state index contributed by atoms with van der Waals surface area (Å²) in [6.45, 7) is 4.44. The van der Waals surface area contributed by atoms with Crippen LogP contribution >= 0.6 is 0 Å². The molecule has 0 aliphatic carbocycles. The first-order valence-corrected chi connectivity index (χ1v) is 11.4. The third-order valence-electron chi connectivity index (χ3n) is 5.46. The van der Waals surface area contributed by atoms with E-state index in [9.17, 15) is 18.0 Å². The quantitative estimate of drug-likeness (QED) is 0.774. The number of hydrogen-bond acceptors (Lipinski definition) is 5. The van der Waals surface area contributed by atoms with Gasteiger partial charge in [0.2, 0.25) is 15.9 Å². The number of nitrogens with zero attached hydrogens (tertiary/aromatic N) is 4. The Morgan fingerprint density at radius 1 is 1.31 bits per heavy atom. The lowest BCUT2D eigenvalue weighted by Crippen LogP contribution is -2.39. The van der Waals surface area contributed by atoms with Gasteiger partial charge in [-0.2, -0.15) is 5.10 Å². The van der Waals surface area contributed by atoms with Crippen LogP contribution in [0.25, 0.3) is 0 Å². The fourth-order valence-corrected chi connectivity index (χ4v) is 4.54. The Kier molecular flexibility index (Phi) is 5.95. The zero-order chi connectivity index (χ0) is 21.3. The maximum atomic E-state index is 12.6. The molecule has 1 saturated heterocycles. The number of hydrogen-bond donors (Lipinski definition) is 1. The van der Waals surface area contributed by atoms with E-state index in [0.717, 1.165) is 22.2 Å².